The average molecular weight is 490 g/mol. The number of carbonyl (C=O) groups is 2. The van der Waals surface area contributed by atoms with Crippen molar-refractivity contribution < 1.29 is 23.8 Å². The van der Waals surface area contributed by atoms with Crippen molar-refractivity contribution in [2.75, 3.05) is 26.5 Å². The summed E-state index contributed by atoms with van der Waals surface area (Å²) in [7, 11) is 0. The predicted molar refractivity (Wildman–Crippen MR) is 128 cm³/mol. The lowest BCUT2D eigenvalue weighted by molar-refractivity contribution is -0.149. The second-order valence-corrected chi connectivity index (χ2v) is 9.26. The fourth-order valence-corrected chi connectivity index (χ4v) is 4.85. The number of nitrogens with zero attached hydrogens (tertiary/aromatic N) is 5. The zero-order chi connectivity index (χ0) is 24.6. The maximum Gasteiger partial charge on any atom is 0.309 e. The van der Waals surface area contributed by atoms with Crippen molar-refractivity contribution in [3.63, 3.8) is 0 Å². The fourth-order valence-electron chi connectivity index (χ4n) is 4.85. The summed E-state index contributed by atoms with van der Waals surface area (Å²) in [6, 6.07) is 7.53. The average Bonchev–Trinajstić information content (AvgIpc) is 3.47. The van der Waals surface area contributed by atoms with E-state index < -0.39 is 0 Å². The highest BCUT2D eigenvalue weighted by Gasteiger charge is 2.36. The first-order valence-corrected chi connectivity index (χ1v) is 12.4. The van der Waals surface area contributed by atoms with Gasteiger partial charge in [0.2, 0.25) is 6.79 Å². The lowest BCUT2D eigenvalue weighted by Crippen LogP contribution is -2.40. The van der Waals surface area contributed by atoms with Crippen LogP contribution in [-0.4, -0.2) is 63.0 Å². The molecule has 0 radical (unpaired) electrons. The van der Waals surface area contributed by atoms with Crippen LogP contribution in [0.4, 0.5) is 0 Å². The summed E-state index contributed by atoms with van der Waals surface area (Å²) in [5.41, 5.74) is 3.05. The van der Waals surface area contributed by atoms with Gasteiger partial charge in [-0.2, -0.15) is 5.10 Å². The van der Waals surface area contributed by atoms with Gasteiger partial charge >= 0.3 is 5.97 Å². The lowest BCUT2D eigenvalue weighted by Gasteiger charge is -2.30. The minimum Gasteiger partial charge on any atom is -0.466 e. The molecule has 36 heavy (non-hydrogen) atoms. The molecule has 10 nitrogen and oxygen atoms in total. The number of aromatic nitrogens is 4. The molecule has 186 valence electrons. The van der Waals surface area contributed by atoms with Crippen molar-refractivity contribution in [2.45, 2.75) is 38.5 Å². The summed E-state index contributed by atoms with van der Waals surface area (Å²) in [6.07, 6.45) is 6.54. The summed E-state index contributed by atoms with van der Waals surface area (Å²) in [5, 5.41) is 4.55. The highest BCUT2D eigenvalue weighted by atomic mass is 16.7. The third-order valence-corrected chi connectivity index (χ3v) is 6.90. The normalized spacial score (nSPS) is 17.3. The summed E-state index contributed by atoms with van der Waals surface area (Å²) >= 11 is 0. The molecule has 0 bridgehead atoms. The topological polar surface area (TPSA) is 109 Å². The van der Waals surface area contributed by atoms with Crippen LogP contribution < -0.4 is 9.47 Å². The number of amides is 1. The molecule has 6 rings (SSSR count). The van der Waals surface area contributed by atoms with Gasteiger partial charge in [0.1, 0.15) is 0 Å². The number of ether oxygens (including phenoxy) is 3. The van der Waals surface area contributed by atoms with Gasteiger partial charge in [-0.15, -0.1) is 0 Å². The number of hydrogen-bond donors (Lipinski definition) is 0. The fraction of sp³-hybridized carbons (Fsp3) is 0.423. The number of rotatable bonds is 6. The lowest BCUT2D eigenvalue weighted by atomic mass is 9.96. The Labute approximate surface area is 208 Å². The van der Waals surface area contributed by atoms with E-state index in [0.29, 0.717) is 55.5 Å². The summed E-state index contributed by atoms with van der Waals surface area (Å²) in [6.45, 7) is 3.44. The highest BCUT2D eigenvalue weighted by molar-refractivity contribution is 5.95. The monoisotopic (exact) mass is 489 g/mol. The van der Waals surface area contributed by atoms with Crippen LogP contribution >= 0.6 is 0 Å². The molecular formula is C26H27N5O5. The molecule has 2 aromatic heterocycles. The van der Waals surface area contributed by atoms with Crippen molar-refractivity contribution in [3.05, 3.63) is 47.9 Å². The summed E-state index contributed by atoms with van der Waals surface area (Å²) in [4.78, 5) is 36.6. The Kier molecular flexibility index (Phi) is 5.79. The van der Waals surface area contributed by atoms with Crippen molar-refractivity contribution in [2.24, 2.45) is 5.92 Å². The number of piperidine rings is 1. The van der Waals surface area contributed by atoms with Crippen molar-refractivity contribution in [1.29, 1.82) is 0 Å². The maximum atomic E-state index is 13.5. The van der Waals surface area contributed by atoms with Crippen LogP contribution in [0.5, 0.6) is 11.5 Å². The number of fused-ring (bicyclic) bond motifs is 1. The molecule has 0 N–H and O–H groups in total. The first-order valence-electron chi connectivity index (χ1n) is 12.4. The number of carbonyl (C=O) groups excluding carboxylic acids is 2. The predicted octanol–water partition coefficient (Wildman–Crippen LogP) is 3.35. The molecule has 10 heteroatoms. The van der Waals surface area contributed by atoms with Crippen LogP contribution in [0.2, 0.25) is 0 Å². The molecule has 2 aliphatic heterocycles. The van der Waals surface area contributed by atoms with Crippen LogP contribution in [-0.2, 0) is 9.53 Å². The molecule has 1 aromatic carbocycles. The second-order valence-electron chi connectivity index (χ2n) is 9.26. The van der Waals surface area contributed by atoms with Gasteiger partial charge in [0.05, 0.1) is 35.7 Å². The zero-order valence-electron chi connectivity index (χ0n) is 20.1. The Morgan fingerprint density at radius 2 is 1.89 bits per heavy atom. The van der Waals surface area contributed by atoms with Gasteiger partial charge in [-0.05, 0) is 56.9 Å². The number of hydrogen-bond acceptors (Lipinski definition) is 8. The van der Waals surface area contributed by atoms with Crippen molar-refractivity contribution in [1.82, 2.24) is 24.6 Å². The molecular weight excluding hydrogens is 462 g/mol. The van der Waals surface area contributed by atoms with Gasteiger partial charge in [-0.1, -0.05) is 0 Å². The van der Waals surface area contributed by atoms with E-state index >= 15 is 0 Å². The van der Waals surface area contributed by atoms with Gasteiger partial charge < -0.3 is 19.1 Å². The molecule has 0 spiro atoms. The van der Waals surface area contributed by atoms with Crippen molar-refractivity contribution in [3.8, 4) is 28.7 Å². The second kappa shape index (κ2) is 9.25. The van der Waals surface area contributed by atoms with Gasteiger partial charge in [0.15, 0.2) is 11.5 Å². The number of benzene rings is 1. The largest absolute Gasteiger partial charge is 0.466 e. The molecule has 0 atom stereocenters. The molecule has 3 aliphatic rings. The minimum absolute atomic E-state index is 0.0580. The van der Waals surface area contributed by atoms with Gasteiger partial charge in [-0.3, -0.25) is 9.59 Å². The molecule has 1 amide bonds. The first-order chi connectivity index (χ1) is 17.6. The molecule has 1 saturated heterocycles. The summed E-state index contributed by atoms with van der Waals surface area (Å²) in [5.74, 6) is 1.70. The van der Waals surface area contributed by atoms with Gasteiger partial charge in [-0.25, -0.2) is 14.6 Å². The van der Waals surface area contributed by atoms with Crippen LogP contribution in [0.3, 0.4) is 0 Å². The smallest absolute Gasteiger partial charge is 0.309 e. The Balaban J connectivity index is 1.25. The van der Waals surface area contributed by atoms with E-state index in [1.807, 2.05) is 36.1 Å². The Bertz CT molecular complexity index is 1310. The summed E-state index contributed by atoms with van der Waals surface area (Å²) < 4.78 is 17.8. The third kappa shape index (κ3) is 4.16. The molecule has 1 saturated carbocycles. The van der Waals surface area contributed by atoms with Crippen LogP contribution in [0.1, 0.15) is 54.6 Å². The number of likely N-dealkylation sites (tertiary alicyclic amines) is 1. The van der Waals surface area contributed by atoms with Gasteiger partial charge in [0.25, 0.3) is 11.9 Å². The number of esters is 1. The van der Waals surface area contributed by atoms with Crippen LogP contribution in [0.15, 0.2) is 36.7 Å². The van der Waals surface area contributed by atoms with Crippen LogP contribution in [0, 0.1) is 5.92 Å². The molecule has 1 aliphatic carbocycles. The molecule has 3 aromatic rings. The van der Waals surface area contributed by atoms with Crippen molar-refractivity contribution >= 4 is 11.9 Å². The van der Waals surface area contributed by atoms with Crippen LogP contribution in [0.25, 0.3) is 17.2 Å². The minimum atomic E-state index is -0.171. The molecule has 2 fully saturated rings. The Morgan fingerprint density at radius 3 is 2.67 bits per heavy atom. The van der Waals surface area contributed by atoms with E-state index in [-0.39, 0.29) is 30.5 Å². The SMILES string of the molecule is CCOC(=O)C1CCN(C(=O)c2cnn(-c3nccc(-c4ccc5c(c4)OCO5)n3)c2C2CC2)CC1. The first kappa shape index (κ1) is 22.5. The van der Waals surface area contributed by atoms with E-state index in [9.17, 15) is 9.59 Å². The third-order valence-electron chi connectivity index (χ3n) is 6.90. The standard InChI is InChI=1S/C26H27N5O5/c1-2-34-25(33)17-8-11-30(12-9-17)24(32)19-14-28-31(23(19)16-3-4-16)26-27-10-7-20(29-26)18-5-6-21-22(13-18)36-15-35-21/h5-7,10,13-14,16-17H,2-4,8-9,11-12,15H2,1H3. The zero-order valence-corrected chi connectivity index (χ0v) is 20.1. The van der Waals surface area contributed by atoms with E-state index in [0.717, 1.165) is 29.8 Å². The van der Waals surface area contributed by atoms with Gasteiger partial charge in [0, 0.05) is 30.8 Å². The quantitative estimate of drug-likeness (QED) is 0.485. The highest BCUT2D eigenvalue weighted by Crippen LogP contribution is 2.43. The Morgan fingerprint density at radius 1 is 1.08 bits per heavy atom. The van der Waals surface area contributed by atoms with E-state index in [2.05, 4.69) is 10.1 Å². The molecule has 4 heterocycles. The van der Waals surface area contributed by atoms with E-state index in [1.165, 1.54) is 0 Å². The maximum absolute atomic E-state index is 13.5. The molecule has 0 unspecified atom stereocenters. The van der Waals surface area contributed by atoms with E-state index in [1.54, 1.807) is 17.1 Å². The Hall–Kier alpha value is -3.95. The van der Waals surface area contributed by atoms with E-state index in [4.69, 9.17) is 19.2 Å².